The van der Waals surface area contributed by atoms with Crippen molar-refractivity contribution in [1.82, 2.24) is 4.57 Å². The van der Waals surface area contributed by atoms with Crippen molar-refractivity contribution in [3.8, 4) is 5.75 Å². The Morgan fingerprint density at radius 1 is 1.29 bits per heavy atom. The summed E-state index contributed by atoms with van der Waals surface area (Å²) in [4.78, 5) is 23.6. The van der Waals surface area contributed by atoms with E-state index in [4.69, 9.17) is 4.74 Å². The number of carbonyl (C=O) groups excluding carboxylic acids is 2. The third-order valence-electron chi connectivity index (χ3n) is 3.67. The number of rotatable bonds is 5. The van der Waals surface area contributed by atoms with Crippen LogP contribution in [0.4, 0.5) is 5.69 Å². The zero-order valence-electron chi connectivity index (χ0n) is 13.0. The second kappa shape index (κ2) is 6.88. The predicted octanol–water partition coefficient (Wildman–Crippen LogP) is 3.86. The van der Waals surface area contributed by atoms with E-state index in [2.05, 4.69) is 21.2 Å². The number of nitrogens with zero attached hydrogens (tertiary/aromatic N) is 1. The van der Waals surface area contributed by atoms with Gasteiger partial charge in [0, 0.05) is 38.9 Å². The summed E-state index contributed by atoms with van der Waals surface area (Å²) in [6, 6.07) is 12.8. The Bertz CT molecular complexity index is 918. The molecule has 0 atom stereocenters. The van der Waals surface area contributed by atoms with Crippen molar-refractivity contribution in [2.24, 2.45) is 0 Å². The number of anilines is 1. The molecule has 0 aliphatic heterocycles. The van der Waals surface area contributed by atoms with Crippen LogP contribution in [0, 0.1) is 0 Å². The lowest BCUT2D eigenvalue weighted by molar-refractivity contribution is -0.116. The van der Waals surface area contributed by atoms with Crippen LogP contribution in [-0.4, -0.2) is 23.9 Å². The third kappa shape index (κ3) is 3.33. The highest BCUT2D eigenvalue weighted by molar-refractivity contribution is 9.10. The molecule has 0 bridgehead atoms. The Kier molecular flexibility index (Phi) is 4.66. The summed E-state index contributed by atoms with van der Waals surface area (Å²) in [6.45, 7) is 0.114. The SMILES string of the molecule is COc1cccc(NC(=O)Cn2cc(C=O)c3cc(Br)ccc32)c1. The number of amides is 1. The second-order valence-electron chi connectivity index (χ2n) is 5.27. The number of aromatic nitrogens is 1. The summed E-state index contributed by atoms with van der Waals surface area (Å²) in [5.41, 5.74) is 2.05. The smallest absolute Gasteiger partial charge is 0.244 e. The number of nitrogens with one attached hydrogen (secondary N) is 1. The molecule has 6 heteroatoms. The van der Waals surface area contributed by atoms with Gasteiger partial charge in [0.2, 0.25) is 5.91 Å². The maximum absolute atomic E-state index is 12.3. The Morgan fingerprint density at radius 2 is 2.12 bits per heavy atom. The minimum atomic E-state index is -0.180. The van der Waals surface area contributed by atoms with Crippen LogP contribution in [0.2, 0.25) is 0 Å². The molecule has 0 aliphatic carbocycles. The van der Waals surface area contributed by atoms with Crippen LogP contribution in [0.1, 0.15) is 10.4 Å². The number of benzene rings is 2. The number of aldehydes is 1. The first-order chi connectivity index (χ1) is 11.6. The second-order valence-corrected chi connectivity index (χ2v) is 6.19. The Labute approximate surface area is 147 Å². The highest BCUT2D eigenvalue weighted by Gasteiger charge is 2.11. The van der Waals surface area contributed by atoms with Crippen molar-refractivity contribution in [3.05, 3.63) is 58.7 Å². The molecule has 0 unspecified atom stereocenters. The van der Waals surface area contributed by atoms with E-state index in [0.717, 1.165) is 21.7 Å². The van der Waals surface area contributed by atoms with E-state index < -0.39 is 0 Å². The van der Waals surface area contributed by atoms with Crippen molar-refractivity contribution in [1.29, 1.82) is 0 Å². The van der Waals surface area contributed by atoms with Crippen LogP contribution in [0.15, 0.2) is 53.1 Å². The van der Waals surface area contributed by atoms with Gasteiger partial charge in [-0.2, -0.15) is 0 Å². The van der Waals surface area contributed by atoms with Crippen LogP contribution in [-0.2, 0) is 11.3 Å². The molecule has 1 aromatic heterocycles. The molecule has 1 amide bonds. The van der Waals surface area contributed by atoms with Crippen molar-refractivity contribution >= 4 is 44.7 Å². The van der Waals surface area contributed by atoms with Crippen LogP contribution >= 0.6 is 15.9 Å². The lowest BCUT2D eigenvalue weighted by Crippen LogP contribution is -2.18. The highest BCUT2D eigenvalue weighted by atomic mass is 79.9. The number of fused-ring (bicyclic) bond motifs is 1. The Hall–Kier alpha value is -2.60. The van der Waals surface area contributed by atoms with Gasteiger partial charge in [0.05, 0.1) is 7.11 Å². The lowest BCUT2D eigenvalue weighted by atomic mass is 10.2. The molecular formula is C18H15BrN2O3. The van der Waals surface area contributed by atoms with Crippen LogP contribution in [0.3, 0.4) is 0 Å². The molecule has 0 saturated carbocycles. The van der Waals surface area contributed by atoms with Gasteiger partial charge in [-0.15, -0.1) is 0 Å². The van der Waals surface area contributed by atoms with E-state index in [9.17, 15) is 9.59 Å². The molecule has 0 fully saturated rings. The minimum Gasteiger partial charge on any atom is -0.497 e. The lowest BCUT2D eigenvalue weighted by Gasteiger charge is -2.08. The first-order valence-electron chi connectivity index (χ1n) is 7.28. The maximum atomic E-state index is 12.3. The average molecular weight is 387 g/mol. The fourth-order valence-electron chi connectivity index (χ4n) is 2.58. The van der Waals surface area contributed by atoms with Gasteiger partial charge < -0.3 is 14.6 Å². The molecule has 5 nitrogen and oxygen atoms in total. The van der Waals surface area contributed by atoms with Gasteiger partial charge in [-0.1, -0.05) is 22.0 Å². The summed E-state index contributed by atoms with van der Waals surface area (Å²) in [6.07, 6.45) is 2.49. The number of methoxy groups -OCH3 is 1. The summed E-state index contributed by atoms with van der Waals surface area (Å²) in [5, 5.41) is 3.64. The average Bonchev–Trinajstić information content (AvgIpc) is 2.91. The molecule has 0 spiro atoms. The summed E-state index contributed by atoms with van der Waals surface area (Å²) in [5.74, 6) is 0.493. The quantitative estimate of drug-likeness (QED) is 0.677. The monoisotopic (exact) mass is 386 g/mol. The van der Waals surface area contributed by atoms with E-state index >= 15 is 0 Å². The summed E-state index contributed by atoms with van der Waals surface area (Å²) in [7, 11) is 1.58. The van der Waals surface area contributed by atoms with Gasteiger partial charge >= 0.3 is 0 Å². The van der Waals surface area contributed by atoms with E-state index in [1.807, 2.05) is 30.3 Å². The van der Waals surface area contributed by atoms with Crippen LogP contribution in [0.25, 0.3) is 10.9 Å². The first-order valence-corrected chi connectivity index (χ1v) is 8.07. The molecule has 24 heavy (non-hydrogen) atoms. The van der Waals surface area contributed by atoms with Crippen LogP contribution < -0.4 is 10.1 Å². The van der Waals surface area contributed by atoms with E-state index in [1.165, 1.54) is 0 Å². The number of hydrogen-bond donors (Lipinski definition) is 1. The van der Waals surface area contributed by atoms with Crippen LogP contribution in [0.5, 0.6) is 5.75 Å². The molecule has 3 rings (SSSR count). The molecular weight excluding hydrogens is 372 g/mol. The number of hydrogen-bond acceptors (Lipinski definition) is 3. The van der Waals surface area contributed by atoms with Crippen molar-refractivity contribution in [2.75, 3.05) is 12.4 Å². The molecule has 0 radical (unpaired) electrons. The van der Waals surface area contributed by atoms with Crippen molar-refractivity contribution < 1.29 is 14.3 Å². The molecule has 1 heterocycles. The predicted molar refractivity (Wildman–Crippen MR) is 96.6 cm³/mol. The molecule has 0 saturated heterocycles. The molecule has 0 aliphatic rings. The van der Waals surface area contributed by atoms with Gasteiger partial charge in [-0.25, -0.2) is 0 Å². The van der Waals surface area contributed by atoms with Gasteiger partial charge in [0.1, 0.15) is 12.3 Å². The summed E-state index contributed by atoms with van der Waals surface area (Å²) < 4.78 is 7.79. The Balaban J connectivity index is 1.84. The highest BCUT2D eigenvalue weighted by Crippen LogP contribution is 2.24. The zero-order chi connectivity index (χ0) is 17.1. The maximum Gasteiger partial charge on any atom is 0.244 e. The van der Waals surface area contributed by atoms with Gasteiger partial charge in [0.15, 0.2) is 6.29 Å². The zero-order valence-corrected chi connectivity index (χ0v) is 14.5. The van der Waals surface area contributed by atoms with Crippen molar-refractivity contribution in [2.45, 2.75) is 6.54 Å². The van der Waals surface area contributed by atoms with E-state index in [-0.39, 0.29) is 12.5 Å². The summed E-state index contributed by atoms with van der Waals surface area (Å²) >= 11 is 3.40. The number of halogens is 1. The minimum absolute atomic E-state index is 0.114. The third-order valence-corrected chi connectivity index (χ3v) is 4.16. The number of carbonyl (C=O) groups is 2. The van der Waals surface area contributed by atoms with E-state index in [1.54, 1.807) is 30.0 Å². The molecule has 3 aromatic rings. The van der Waals surface area contributed by atoms with Crippen molar-refractivity contribution in [3.63, 3.8) is 0 Å². The topological polar surface area (TPSA) is 60.3 Å². The fraction of sp³-hybridized carbons (Fsp3) is 0.111. The molecule has 122 valence electrons. The normalized spacial score (nSPS) is 10.6. The first kappa shape index (κ1) is 16.3. The standard InChI is InChI=1S/C18H15BrN2O3/c1-24-15-4-2-3-14(8-15)20-18(23)10-21-9-12(11-22)16-7-13(19)5-6-17(16)21/h2-9,11H,10H2,1H3,(H,20,23). The van der Waals surface area contributed by atoms with Gasteiger partial charge in [0.25, 0.3) is 0 Å². The molecule has 2 aromatic carbocycles. The molecule has 1 N–H and O–H groups in total. The van der Waals surface area contributed by atoms with Gasteiger partial charge in [-0.05, 0) is 30.3 Å². The van der Waals surface area contributed by atoms with E-state index in [0.29, 0.717) is 17.0 Å². The van der Waals surface area contributed by atoms with Gasteiger partial charge in [-0.3, -0.25) is 9.59 Å². The largest absolute Gasteiger partial charge is 0.497 e. The Morgan fingerprint density at radius 3 is 2.88 bits per heavy atom. The fourth-order valence-corrected chi connectivity index (χ4v) is 2.94. The number of ether oxygens (including phenoxy) is 1.